The molecule has 7 heterocycles. The molecule has 0 unspecified atom stereocenters. The Morgan fingerprint density at radius 1 is 0.593 bits per heavy atom. The Labute approximate surface area is 150 Å². The van der Waals surface area contributed by atoms with E-state index in [9.17, 15) is 0 Å². The number of aromatic nitrogens is 7. The second kappa shape index (κ2) is 4.39. The van der Waals surface area contributed by atoms with Crippen molar-refractivity contribution in [2.24, 2.45) is 0 Å². The van der Waals surface area contributed by atoms with E-state index < -0.39 is 0 Å². The minimum atomic E-state index is 0.856. The van der Waals surface area contributed by atoms with E-state index in [0.717, 1.165) is 65.9 Å². The number of hydrogen-bond donors (Lipinski definition) is 3. The molecule has 7 aromatic rings. The SMILES string of the molecule is c1cnc2[nH]c3cnc4c5ncc6[nH]c7ncccc7c6c5[nH]c4c3c2c1. The van der Waals surface area contributed by atoms with Crippen molar-refractivity contribution in [3.05, 3.63) is 49.1 Å². The molecule has 0 aromatic carbocycles. The lowest BCUT2D eigenvalue weighted by Crippen LogP contribution is -1.79. The zero-order valence-electron chi connectivity index (χ0n) is 13.9. The van der Waals surface area contributed by atoms with Crippen LogP contribution in [0.1, 0.15) is 0 Å². The number of nitrogens with one attached hydrogen (secondary N) is 3. The molecule has 7 heteroatoms. The first-order valence-corrected chi connectivity index (χ1v) is 8.67. The van der Waals surface area contributed by atoms with Gasteiger partial charge in [-0.3, -0.25) is 9.97 Å². The zero-order valence-corrected chi connectivity index (χ0v) is 13.9. The highest BCUT2D eigenvalue weighted by Crippen LogP contribution is 2.36. The van der Waals surface area contributed by atoms with Gasteiger partial charge in [-0.1, -0.05) is 0 Å². The van der Waals surface area contributed by atoms with Gasteiger partial charge in [-0.15, -0.1) is 0 Å². The van der Waals surface area contributed by atoms with Crippen molar-refractivity contribution in [2.75, 3.05) is 0 Å². The van der Waals surface area contributed by atoms with Crippen LogP contribution in [0.5, 0.6) is 0 Å². The molecule has 0 saturated heterocycles. The van der Waals surface area contributed by atoms with Crippen molar-refractivity contribution >= 4 is 65.9 Å². The van der Waals surface area contributed by atoms with Crippen LogP contribution in [-0.4, -0.2) is 34.9 Å². The van der Waals surface area contributed by atoms with Crippen molar-refractivity contribution in [1.29, 1.82) is 0 Å². The maximum absolute atomic E-state index is 4.69. The molecule has 7 rings (SSSR count). The van der Waals surface area contributed by atoms with Gasteiger partial charge < -0.3 is 15.0 Å². The molecule has 0 bridgehead atoms. The standard InChI is InChI=1S/C20H11N7/c1-3-9-13-11(25-19(9)21-5-1)7-23-17-15(13)27-16-14-10-4-2-6-22-20(10)26-12(14)8-24-18(16)17/h1-8,27H,(H,21,25)(H,22,26). The predicted molar refractivity (Wildman–Crippen MR) is 106 cm³/mol. The van der Waals surface area contributed by atoms with Crippen LogP contribution in [-0.2, 0) is 0 Å². The van der Waals surface area contributed by atoms with Crippen molar-refractivity contribution in [3.63, 3.8) is 0 Å². The van der Waals surface area contributed by atoms with Gasteiger partial charge in [0.15, 0.2) is 0 Å². The van der Waals surface area contributed by atoms with Gasteiger partial charge in [0.1, 0.15) is 22.3 Å². The number of hydrogen-bond acceptors (Lipinski definition) is 4. The van der Waals surface area contributed by atoms with E-state index in [2.05, 4.69) is 47.0 Å². The van der Waals surface area contributed by atoms with Crippen LogP contribution in [0.4, 0.5) is 0 Å². The molecule has 126 valence electrons. The fourth-order valence-corrected chi connectivity index (χ4v) is 4.17. The summed E-state index contributed by atoms with van der Waals surface area (Å²) in [5.41, 5.74) is 7.30. The van der Waals surface area contributed by atoms with E-state index in [1.54, 1.807) is 12.4 Å². The number of H-pyrrole nitrogens is 3. The summed E-state index contributed by atoms with van der Waals surface area (Å²) >= 11 is 0. The number of fused-ring (bicyclic) bond motifs is 11. The fourth-order valence-electron chi connectivity index (χ4n) is 4.17. The van der Waals surface area contributed by atoms with Gasteiger partial charge in [0.2, 0.25) is 0 Å². The summed E-state index contributed by atoms with van der Waals surface area (Å²) in [4.78, 5) is 28.5. The first-order valence-electron chi connectivity index (χ1n) is 8.67. The van der Waals surface area contributed by atoms with E-state index in [0.29, 0.717) is 0 Å². The highest BCUT2D eigenvalue weighted by Gasteiger charge is 2.18. The molecule has 0 aliphatic carbocycles. The average molecular weight is 349 g/mol. The Hall–Kier alpha value is -4.00. The molecule has 0 fully saturated rings. The van der Waals surface area contributed by atoms with E-state index in [1.165, 1.54) is 0 Å². The number of rotatable bonds is 0. The summed E-state index contributed by atoms with van der Waals surface area (Å²) in [6.07, 6.45) is 7.29. The molecule has 0 spiro atoms. The van der Waals surface area contributed by atoms with Gasteiger partial charge in [-0.2, -0.15) is 0 Å². The van der Waals surface area contributed by atoms with Crippen LogP contribution in [0.2, 0.25) is 0 Å². The molecular formula is C20H11N7. The van der Waals surface area contributed by atoms with Crippen molar-refractivity contribution in [1.82, 2.24) is 34.9 Å². The van der Waals surface area contributed by atoms with Crippen LogP contribution in [0.25, 0.3) is 65.9 Å². The lowest BCUT2D eigenvalue weighted by atomic mass is 10.2. The number of nitrogens with zero attached hydrogens (tertiary/aromatic N) is 4. The largest absolute Gasteiger partial charge is 0.351 e. The van der Waals surface area contributed by atoms with Crippen LogP contribution in [0, 0.1) is 0 Å². The Balaban J connectivity index is 1.78. The second-order valence-corrected chi connectivity index (χ2v) is 6.72. The lowest BCUT2D eigenvalue weighted by molar-refractivity contribution is 1.33. The van der Waals surface area contributed by atoms with Gasteiger partial charge >= 0.3 is 0 Å². The molecular weight excluding hydrogens is 338 g/mol. The summed E-state index contributed by atoms with van der Waals surface area (Å²) in [7, 11) is 0. The van der Waals surface area contributed by atoms with Crippen LogP contribution in [0.3, 0.4) is 0 Å². The van der Waals surface area contributed by atoms with Crippen LogP contribution >= 0.6 is 0 Å². The quantitative estimate of drug-likeness (QED) is 0.383. The molecule has 0 aliphatic heterocycles. The monoisotopic (exact) mass is 349 g/mol. The molecule has 0 atom stereocenters. The highest BCUT2D eigenvalue weighted by molar-refractivity contribution is 6.26. The molecule has 7 aromatic heterocycles. The summed E-state index contributed by atoms with van der Waals surface area (Å²) in [6, 6.07) is 8.05. The molecule has 0 amide bonds. The van der Waals surface area contributed by atoms with E-state index in [1.807, 2.05) is 24.5 Å². The lowest BCUT2D eigenvalue weighted by Gasteiger charge is -1.93. The van der Waals surface area contributed by atoms with Gasteiger partial charge in [-0.05, 0) is 24.3 Å². The zero-order chi connectivity index (χ0) is 17.5. The van der Waals surface area contributed by atoms with Gasteiger partial charge in [0.25, 0.3) is 0 Å². The fraction of sp³-hybridized carbons (Fsp3) is 0. The Kier molecular flexibility index (Phi) is 2.15. The van der Waals surface area contributed by atoms with Gasteiger partial charge in [-0.25, -0.2) is 9.97 Å². The van der Waals surface area contributed by atoms with Gasteiger partial charge in [0.05, 0.1) is 34.5 Å². The number of pyridine rings is 4. The summed E-state index contributed by atoms with van der Waals surface area (Å²) in [6.45, 7) is 0. The molecule has 7 nitrogen and oxygen atoms in total. The van der Waals surface area contributed by atoms with Crippen LogP contribution in [0.15, 0.2) is 49.1 Å². The van der Waals surface area contributed by atoms with Crippen molar-refractivity contribution < 1.29 is 0 Å². The van der Waals surface area contributed by atoms with Crippen molar-refractivity contribution in [2.45, 2.75) is 0 Å². The topological polar surface area (TPSA) is 98.9 Å². The highest BCUT2D eigenvalue weighted by atomic mass is 14.9. The number of aromatic amines is 3. The Morgan fingerprint density at radius 2 is 1.11 bits per heavy atom. The normalized spacial score (nSPS) is 12.4. The molecule has 27 heavy (non-hydrogen) atoms. The summed E-state index contributed by atoms with van der Waals surface area (Å²) in [5, 5.41) is 4.33. The molecule has 3 N–H and O–H groups in total. The Bertz CT molecular complexity index is 1560. The van der Waals surface area contributed by atoms with E-state index in [4.69, 9.17) is 0 Å². The first kappa shape index (κ1) is 13.2. The van der Waals surface area contributed by atoms with Gasteiger partial charge in [0, 0.05) is 33.9 Å². The van der Waals surface area contributed by atoms with Crippen molar-refractivity contribution in [3.8, 4) is 0 Å². The molecule has 0 saturated carbocycles. The average Bonchev–Trinajstić information content (AvgIpc) is 3.37. The second-order valence-electron chi connectivity index (χ2n) is 6.72. The minimum absolute atomic E-state index is 0.856. The first-order chi connectivity index (χ1) is 13.4. The molecule has 0 aliphatic rings. The predicted octanol–water partition coefficient (Wildman–Crippen LogP) is 4.17. The van der Waals surface area contributed by atoms with E-state index >= 15 is 0 Å². The van der Waals surface area contributed by atoms with E-state index in [-0.39, 0.29) is 0 Å². The third kappa shape index (κ3) is 1.52. The third-order valence-electron chi connectivity index (χ3n) is 5.29. The maximum Gasteiger partial charge on any atom is 0.138 e. The third-order valence-corrected chi connectivity index (χ3v) is 5.29. The van der Waals surface area contributed by atoms with Crippen LogP contribution < -0.4 is 0 Å². The smallest absolute Gasteiger partial charge is 0.138 e. The minimum Gasteiger partial charge on any atom is -0.351 e. The summed E-state index contributed by atoms with van der Waals surface area (Å²) in [5.74, 6) is 0. The Morgan fingerprint density at radius 3 is 1.63 bits per heavy atom. The maximum atomic E-state index is 4.69. The summed E-state index contributed by atoms with van der Waals surface area (Å²) < 4.78 is 0. The molecule has 0 radical (unpaired) electrons.